The third-order valence-electron chi connectivity index (χ3n) is 3.07. The number of benzene rings is 1. The normalized spacial score (nSPS) is 10.4. The first-order chi connectivity index (χ1) is 9.50. The number of carbonyl (C=O) groups is 1. The molecule has 1 N–H and O–H groups in total. The van der Waals surface area contributed by atoms with Crippen LogP contribution < -0.4 is 0 Å². The van der Waals surface area contributed by atoms with Gasteiger partial charge in [0.2, 0.25) is 0 Å². The molecular formula is C13H13N3O4. The van der Waals surface area contributed by atoms with Crippen molar-refractivity contribution in [2.24, 2.45) is 0 Å². The number of para-hydroxylation sites is 1. The second-order valence-electron chi connectivity index (χ2n) is 4.28. The number of aryl methyl sites for hydroxylation is 2. The summed E-state index contributed by atoms with van der Waals surface area (Å²) in [5.41, 5.74) is 0.699. The standard InChI is InChI=1S/C13H13N3O4/c1-9-14-8-12(13(17)18)15(9)7-6-10-4-2-3-5-11(10)16(19)20/h2-5,8H,6-7H2,1H3,(H,17,18). The Bertz CT molecular complexity index is 663. The molecule has 1 heterocycles. The van der Waals surface area contributed by atoms with Crippen LogP contribution >= 0.6 is 0 Å². The maximum atomic E-state index is 11.1. The third-order valence-corrected chi connectivity index (χ3v) is 3.07. The van der Waals surface area contributed by atoms with Gasteiger partial charge in [-0.05, 0) is 13.3 Å². The first-order valence-corrected chi connectivity index (χ1v) is 5.98. The lowest BCUT2D eigenvalue weighted by Gasteiger charge is -2.08. The second kappa shape index (κ2) is 5.52. The van der Waals surface area contributed by atoms with Crippen molar-refractivity contribution in [2.45, 2.75) is 19.9 Å². The molecule has 0 aliphatic rings. The largest absolute Gasteiger partial charge is 0.477 e. The van der Waals surface area contributed by atoms with E-state index in [1.165, 1.54) is 12.3 Å². The number of hydrogen-bond donors (Lipinski definition) is 1. The van der Waals surface area contributed by atoms with Gasteiger partial charge < -0.3 is 9.67 Å². The molecule has 0 atom stereocenters. The van der Waals surface area contributed by atoms with Gasteiger partial charge >= 0.3 is 5.97 Å². The van der Waals surface area contributed by atoms with E-state index in [0.29, 0.717) is 24.4 Å². The van der Waals surface area contributed by atoms with Crippen LogP contribution in [0.5, 0.6) is 0 Å². The molecule has 0 amide bonds. The summed E-state index contributed by atoms with van der Waals surface area (Å²) in [5.74, 6) is -0.492. The molecule has 0 saturated carbocycles. The van der Waals surface area contributed by atoms with Crippen LogP contribution in [0.4, 0.5) is 5.69 Å². The van der Waals surface area contributed by atoms with E-state index in [9.17, 15) is 14.9 Å². The smallest absolute Gasteiger partial charge is 0.354 e. The number of aromatic carboxylic acids is 1. The van der Waals surface area contributed by atoms with E-state index >= 15 is 0 Å². The van der Waals surface area contributed by atoms with E-state index in [2.05, 4.69) is 4.98 Å². The quantitative estimate of drug-likeness (QED) is 0.665. The Hall–Kier alpha value is -2.70. The molecule has 0 unspecified atom stereocenters. The Balaban J connectivity index is 2.24. The van der Waals surface area contributed by atoms with E-state index in [1.807, 2.05) is 0 Å². The van der Waals surface area contributed by atoms with E-state index < -0.39 is 10.9 Å². The van der Waals surface area contributed by atoms with Crippen LogP contribution in [0.3, 0.4) is 0 Å². The van der Waals surface area contributed by atoms with Crippen LogP contribution in [0.2, 0.25) is 0 Å². The monoisotopic (exact) mass is 275 g/mol. The van der Waals surface area contributed by atoms with Crippen molar-refractivity contribution in [3.05, 3.63) is 57.7 Å². The summed E-state index contributed by atoms with van der Waals surface area (Å²) in [6, 6.07) is 6.44. The van der Waals surface area contributed by atoms with Gasteiger partial charge in [0.15, 0.2) is 0 Å². The van der Waals surface area contributed by atoms with Crippen molar-refractivity contribution in [1.29, 1.82) is 0 Å². The van der Waals surface area contributed by atoms with Crippen LogP contribution in [0, 0.1) is 17.0 Å². The molecule has 0 radical (unpaired) electrons. The van der Waals surface area contributed by atoms with Gasteiger partial charge in [0.25, 0.3) is 5.69 Å². The van der Waals surface area contributed by atoms with Crippen LogP contribution in [-0.2, 0) is 13.0 Å². The van der Waals surface area contributed by atoms with Gasteiger partial charge in [-0.15, -0.1) is 0 Å². The number of nitro groups is 1. The molecule has 0 aliphatic heterocycles. The van der Waals surface area contributed by atoms with Crippen molar-refractivity contribution in [3.8, 4) is 0 Å². The number of nitrogens with zero attached hydrogens (tertiary/aromatic N) is 3. The molecule has 104 valence electrons. The predicted molar refractivity (Wildman–Crippen MR) is 70.7 cm³/mol. The van der Waals surface area contributed by atoms with Crippen LogP contribution in [0.1, 0.15) is 21.9 Å². The van der Waals surface area contributed by atoms with Gasteiger partial charge in [-0.1, -0.05) is 18.2 Å². The molecule has 0 aliphatic carbocycles. The number of rotatable bonds is 5. The highest BCUT2D eigenvalue weighted by Crippen LogP contribution is 2.19. The molecule has 20 heavy (non-hydrogen) atoms. The second-order valence-corrected chi connectivity index (χ2v) is 4.28. The van der Waals surface area contributed by atoms with E-state index in [0.717, 1.165) is 0 Å². The predicted octanol–water partition coefficient (Wildman–Crippen LogP) is 2.04. The average Bonchev–Trinajstić information content (AvgIpc) is 2.78. The average molecular weight is 275 g/mol. The zero-order chi connectivity index (χ0) is 14.7. The highest BCUT2D eigenvalue weighted by atomic mass is 16.6. The van der Waals surface area contributed by atoms with Crippen LogP contribution in [0.25, 0.3) is 0 Å². The first-order valence-electron chi connectivity index (χ1n) is 5.98. The molecule has 7 heteroatoms. The van der Waals surface area contributed by atoms with Crippen LogP contribution in [0.15, 0.2) is 30.5 Å². The molecule has 1 aromatic carbocycles. The van der Waals surface area contributed by atoms with Crippen molar-refractivity contribution in [3.63, 3.8) is 0 Å². The summed E-state index contributed by atoms with van der Waals surface area (Å²) in [6.07, 6.45) is 1.66. The fourth-order valence-electron chi connectivity index (χ4n) is 2.05. The molecule has 7 nitrogen and oxygen atoms in total. The molecule has 2 aromatic rings. The lowest BCUT2D eigenvalue weighted by atomic mass is 10.1. The topological polar surface area (TPSA) is 98.3 Å². The van der Waals surface area contributed by atoms with E-state index in [1.54, 1.807) is 29.7 Å². The van der Waals surface area contributed by atoms with Gasteiger partial charge in [0.05, 0.1) is 11.1 Å². The van der Waals surface area contributed by atoms with Gasteiger partial charge in [0, 0.05) is 18.2 Å². The number of nitro benzene ring substituents is 1. The highest BCUT2D eigenvalue weighted by molar-refractivity contribution is 5.85. The number of carboxylic acids is 1. The minimum Gasteiger partial charge on any atom is -0.477 e. The minimum atomic E-state index is -1.06. The fourth-order valence-corrected chi connectivity index (χ4v) is 2.05. The molecular weight excluding hydrogens is 262 g/mol. The van der Waals surface area contributed by atoms with Gasteiger partial charge in [0.1, 0.15) is 11.5 Å². The molecule has 2 rings (SSSR count). The van der Waals surface area contributed by atoms with Gasteiger partial charge in [-0.25, -0.2) is 9.78 Å². The van der Waals surface area contributed by atoms with Crippen molar-refractivity contribution < 1.29 is 14.8 Å². The maximum absolute atomic E-state index is 11.1. The summed E-state index contributed by atoms with van der Waals surface area (Å²) >= 11 is 0. The van der Waals surface area contributed by atoms with E-state index in [4.69, 9.17) is 5.11 Å². The Morgan fingerprint density at radius 2 is 2.15 bits per heavy atom. The third kappa shape index (κ3) is 2.66. The molecule has 0 fully saturated rings. The zero-order valence-corrected chi connectivity index (χ0v) is 10.8. The van der Waals surface area contributed by atoms with Crippen molar-refractivity contribution in [1.82, 2.24) is 9.55 Å². The Morgan fingerprint density at radius 1 is 1.45 bits per heavy atom. The van der Waals surface area contributed by atoms with Gasteiger partial charge in [-0.3, -0.25) is 10.1 Å². The van der Waals surface area contributed by atoms with E-state index in [-0.39, 0.29) is 11.4 Å². The maximum Gasteiger partial charge on any atom is 0.354 e. The number of carboxylic acid groups (broad SMARTS) is 1. The SMILES string of the molecule is Cc1ncc(C(=O)O)n1CCc1ccccc1[N+](=O)[O-]. The lowest BCUT2D eigenvalue weighted by Crippen LogP contribution is -2.12. The Kier molecular flexibility index (Phi) is 3.79. The summed E-state index contributed by atoms with van der Waals surface area (Å²) < 4.78 is 1.54. The van der Waals surface area contributed by atoms with Crippen molar-refractivity contribution in [2.75, 3.05) is 0 Å². The number of aromatic nitrogens is 2. The lowest BCUT2D eigenvalue weighted by molar-refractivity contribution is -0.385. The Labute approximate surface area is 114 Å². The summed E-state index contributed by atoms with van der Waals surface area (Å²) in [7, 11) is 0. The van der Waals surface area contributed by atoms with Gasteiger partial charge in [-0.2, -0.15) is 0 Å². The van der Waals surface area contributed by atoms with Crippen molar-refractivity contribution >= 4 is 11.7 Å². The number of hydrogen-bond acceptors (Lipinski definition) is 4. The minimum absolute atomic E-state index is 0.0437. The molecule has 0 bridgehead atoms. The summed E-state index contributed by atoms with van der Waals surface area (Å²) in [4.78, 5) is 25.5. The van der Waals surface area contributed by atoms with Crippen LogP contribution in [-0.4, -0.2) is 25.6 Å². The summed E-state index contributed by atoms with van der Waals surface area (Å²) in [5, 5.41) is 20.0. The molecule has 0 spiro atoms. The molecule has 1 aromatic heterocycles. The first kappa shape index (κ1) is 13.7. The highest BCUT2D eigenvalue weighted by Gasteiger charge is 2.16. The zero-order valence-electron chi connectivity index (χ0n) is 10.8. The summed E-state index contributed by atoms with van der Waals surface area (Å²) in [6.45, 7) is 2.03. The Morgan fingerprint density at radius 3 is 2.80 bits per heavy atom. The fraction of sp³-hybridized carbons (Fsp3) is 0.231. The molecule has 0 saturated heterocycles. The number of imidazole rings is 1.